The van der Waals surface area contributed by atoms with Crippen LogP contribution in [-0.4, -0.2) is 46.1 Å². The zero-order valence-corrected chi connectivity index (χ0v) is 13.3. The molecule has 24 heavy (non-hydrogen) atoms. The topological polar surface area (TPSA) is 104 Å². The van der Waals surface area contributed by atoms with E-state index in [0.29, 0.717) is 0 Å². The quantitative estimate of drug-likeness (QED) is 0.611. The van der Waals surface area contributed by atoms with Gasteiger partial charge in [-0.3, -0.25) is 0 Å². The molecule has 0 radical (unpaired) electrons. The number of rotatable bonds is 0. The minimum absolute atomic E-state index is 0.168. The molecular formula is C16H19BN4O3. The molecule has 7 nitrogen and oxygen atoms in total. The molecule has 2 aromatic rings. The van der Waals surface area contributed by atoms with Crippen molar-refractivity contribution in [2.75, 3.05) is 13.1 Å². The third-order valence-corrected chi connectivity index (χ3v) is 6.16. The van der Waals surface area contributed by atoms with E-state index in [9.17, 15) is 9.82 Å². The largest absolute Gasteiger partial charge is 0.493 e. The molecule has 0 atom stereocenters. The molecule has 3 aliphatic rings. The Bertz CT molecular complexity index is 835. The highest BCUT2D eigenvalue weighted by molar-refractivity contribution is 6.62. The smallest absolute Gasteiger partial charge is 0.423 e. The number of primary amides is 1. The van der Waals surface area contributed by atoms with Gasteiger partial charge in [0.05, 0.1) is 5.60 Å². The Labute approximate surface area is 139 Å². The molecule has 4 N–H and O–H groups in total. The van der Waals surface area contributed by atoms with E-state index in [-0.39, 0.29) is 11.4 Å². The lowest BCUT2D eigenvalue weighted by molar-refractivity contribution is -0.0691. The van der Waals surface area contributed by atoms with Gasteiger partial charge in [0.15, 0.2) is 0 Å². The number of hydrogen-bond donors (Lipinski definition) is 3. The molecule has 124 valence electrons. The van der Waals surface area contributed by atoms with Crippen molar-refractivity contribution in [3.8, 4) is 0 Å². The molecule has 2 fully saturated rings. The molecule has 0 aromatic carbocycles. The van der Waals surface area contributed by atoms with E-state index in [1.54, 1.807) is 11.1 Å². The van der Waals surface area contributed by atoms with Crippen LogP contribution in [0.1, 0.15) is 31.2 Å². The molecule has 1 aliphatic carbocycles. The van der Waals surface area contributed by atoms with E-state index in [0.717, 1.165) is 60.8 Å². The predicted molar refractivity (Wildman–Crippen MR) is 88.5 cm³/mol. The van der Waals surface area contributed by atoms with Crippen LogP contribution >= 0.6 is 0 Å². The molecular weight excluding hydrogens is 307 g/mol. The standard InChI is InChI=1S/C16H19BN4O3/c18-14(22)21-8-15(9-21)2-4-16(5-3-15)12-10-1-6-19-13(10)20-7-11(12)17(23)24-16/h1,6-7,23H,2-5,8-9H2,(H2,18,22)(H,19,20). The highest BCUT2D eigenvalue weighted by Gasteiger charge is 2.55. The van der Waals surface area contributed by atoms with E-state index in [4.69, 9.17) is 10.4 Å². The lowest BCUT2D eigenvalue weighted by Crippen LogP contribution is -2.61. The zero-order chi connectivity index (χ0) is 16.5. The SMILES string of the molecule is NC(=O)N1CC2(CCC3(CC2)OB(O)c2cnc4[nH]ccc4c23)C1. The number of hydrogen-bond acceptors (Lipinski definition) is 4. The molecule has 2 amide bonds. The summed E-state index contributed by atoms with van der Waals surface area (Å²) in [4.78, 5) is 20.5. The van der Waals surface area contributed by atoms with Gasteiger partial charge in [0.1, 0.15) is 5.65 Å². The highest BCUT2D eigenvalue weighted by Crippen LogP contribution is 2.53. The van der Waals surface area contributed by atoms with Gasteiger partial charge in [-0.2, -0.15) is 0 Å². The van der Waals surface area contributed by atoms with E-state index < -0.39 is 12.7 Å². The summed E-state index contributed by atoms with van der Waals surface area (Å²) in [5, 5.41) is 11.4. The van der Waals surface area contributed by atoms with E-state index >= 15 is 0 Å². The normalized spacial score (nSPS) is 23.7. The maximum Gasteiger partial charge on any atom is 0.493 e. The van der Waals surface area contributed by atoms with Crippen molar-refractivity contribution in [1.29, 1.82) is 0 Å². The molecule has 2 spiro atoms. The number of carbonyl (C=O) groups excluding carboxylic acids is 1. The van der Waals surface area contributed by atoms with E-state index in [1.165, 1.54) is 0 Å². The van der Waals surface area contributed by atoms with Crippen LogP contribution in [0.4, 0.5) is 4.79 Å². The monoisotopic (exact) mass is 326 g/mol. The summed E-state index contributed by atoms with van der Waals surface area (Å²) in [6.45, 7) is 1.48. The number of nitrogens with one attached hydrogen (secondary N) is 1. The van der Waals surface area contributed by atoms with Crippen molar-refractivity contribution in [1.82, 2.24) is 14.9 Å². The Morgan fingerprint density at radius 1 is 1.38 bits per heavy atom. The Balaban J connectivity index is 1.48. The molecule has 8 heteroatoms. The first-order chi connectivity index (χ1) is 11.5. The molecule has 0 bridgehead atoms. The van der Waals surface area contributed by atoms with Crippen LogP contribution in [0.15, 0.2) is 18.5 Å². The Morgan fingerprint density at radius 3 is 2.83 bits per heavy atom. The first kappa shape index (κ1) is 14.3. The minimum atomic E-state index is -0.913. The average molecular weight is 326 g/mol. The molecule has 4 heterocycles. The first-order valence-electron chi connectivity index (χ1n) is 8.39. The van der Waals surface area contributed by atoms with Crippen molar-refractivity contribution in [2.24, 2.45) is 11.1 Å². The van der Waals surface area contributed by atoms with Gasteiger partial charge in [-0.05, 0) is 37.3 Å². The lowest BCUT2D eigenvalue weighted by atomic mass is 9.63. The summed E-state index contributed by atoms with van der Waals surface area (Å²) in [7, 11) is -0.913. The summed E-state index contributed by atoms with van der Waals surface area (Å²) in [6, 6.07) is 1.67. The minimum Gasteiger partial charge on any atom is -0.423 e. The van der Waals surface area contributed by atoms with Gasteiger partial charge in [0.25, 0.3) is 0 Å². The summed E-state index contributed by atoms with van der Waals surface area (Å²) >= 11 is 0. The average Bonchev–Trinajstić information content (AvgIpc) is 3.09. The fourth-order valence-corrected chi connectivity index (χ4v) is 4.84. The van der Waals surface area contributed by atoms with Crippen LogP contribution in [0.2, 0.25) is 0 Å². The van der Waals surface area contributed by atoms with Crippen LogP contribution in [0, 0.1) is 5.41 Å². The maximum atomic E-state index is 11.3. The first-order valence-corrected chi connectivity index (χ1v) is 8.39. The second kappa shape index (κ2) is 4.52. The van der Waals surface area contributed by atoms with Crippen molar-refractivity contribution in [3.63, 3.8) is 0 Å². The third-order valence-electron chi connectivity index (χ3n) is 6.16. The fraction of sp³-hybridized carbons (Fsp3) is 0.500. The van der Waals surface area contributed by atoms with Gasteiger partial charge < -0.3 is 25.3 Å². The van der Waals surface area contributed by atoms with Crippen LogP contribution in [0.25, 0.3) is 11.0 Å². The molecule has 1 saturated carbocycles. The number of H-pyrrole nitrogens is 1. The lowest BCUT2D eigenvalue weighted by Gasteiger charge is -2.54. The Hall–Kier alpha value is -2.06. The Morgan fingerprint density at radius 2 is 2.12 bits per heavy atom. The summed E-state index contributed by atoms with van der Waals surface area (Å²) in [5.41, 5.74) is 7.77. The van der Waals surface area contributed by atoms with Crippen molar-refractivity contribution in [3.05, 3.63) is 24.0 Å². The van der Waals surface area contributed by atoms with Gasteiger partial charge >= 0.3 is 13.1 Å². The number of urea groups is 1. The Kier molecular flexibility index (Phi) is 2.69. The van der Waals surface area contributed by atoms with Crippen molar-refractivity contribution >= 4 is 29.6 Å². The van der Waals surface area contributed by atoms with Gasteiger partial charge in [-0.1, -0.05) is 0 Å². The number of carbonyl (C=O) groups is 1. The number of nitrogens with two attached hydrogens (primary N) is 1. The molecule has 2 aromatic heterocycles. The zero-order valence-electron chi connectivity index (χ0n) is 13.3. The van der Waals surface area contributed by atoms with Crippen molar-refractivity contribution in [2.45, 2.75) is 31.3 Å². The number of amides is 2. The van der Waals surface area contributed by atoms with Crippen LogP contribution in [0.3, 0.4) is 0 Å². The number of nitrogens with zero attached hydrogens (tertiary/aromatic N) is 2. The molecule has 5 rings (SSSR count). The van der Waals surface area contributed by atoms with Gasteiger partial charge in [-0.25, -0.2) is 9.78 Å². The van der Waals surface area contributed by atoms with Crippen LogP contribution in [0.5, 0.6) is 0 Å². The molecule has 2 aliphatic heterocycles. The number of likely N-dealkylation sites (tertiary alicyclic amines) is 1. The maximum absolute atomic E-state index is 11.3. The number of aromatic amines is 1. The van der Waals surface area contributed by atoms with Gasteiger partial charge in [0, 0.05) is 41.7 Å². The summed E-state index contributed by atoms with van der Waals surface area (Å²) < 4.78 is 6.07. The number of aromatic nitrogens is 2. The van der Waals surface area contributed by atoms with Crippen LogP contribution in [-0.2, 0) is 10.3 Å². The second-order valence-electron chi connectivity index (χ2n) is 7.49. The third kappa shape index (κ3) is 1.75. The van der Waals surface area contributed by atoms with E-state index in [2.05, 4.69) is 9.97 Å². The molecule has 0 unspecified atom stereocenters. The summed E-state index contributed by atoms with van der Waals surface area (Å²) in [6.07, 6.45) is 7.21. The second-order valence-corrected chi connectivity index (χ2v) is 7.49. The van der Waals surface area contributed by atoms with E-state index in [1.807, 2.05) is 12.3 Å². The summed E-state index contributed by atoms with van der Waals surface area (Å²) in [5.74, 6) is 0. The van der Waals surface area contributed by atoms with Crippen LogP contribution < -0.4 is 11.2 Å². The predicted octanol–water partition coefficient (Wildman–Crippen LogP) is 0.431. The highest BCUT2D eigenvalue weighted by atomic mass is 16.5. The fourth-order valence-electron chi connectivity index (χ4n) is 4.84. The number of fused-ring (bicyclic) bond motifs is 4. The number of pyridine rings is 1. The van der Waals surface area contributed by atoms with Gasteiger partial charge in [-0.15, -0.1) is 0 Å². The molecule has 1 saturated heterocycles. The van der Waals surface area contributed by atoms with Gasteiger partial charge in [0.2, 0.25) is 0 Å². The van der Waals surface area contributed by atoms with Crippen molar-refractivity contribution < 1.29 is 14.5 Å².